The third-order valence-corrected chi connectivity index (χ3v) is 2.46. The fourth-order valence-corrected chi connectivity index (χ4v) is 1.47. The lowest BCUT2D eigenvalue weighted by atomic mass is 10.3. The van der Waals surface area contributed by atoms with Crippen molar-refractivity contribution in [2.24, 2.45) is 4.99 Å². The topological polar surface area (TPSA) is 93.0 Å². The highest BCUT2D eigenvalue weighted by Gasteiger charge is 2.12. The Bertz CT molecular complexity index is 516. The monoisotopic (exact) mass is 229 g/mol. The van der Waals surface area contributed by atoms with Gasteiger partial charge in [0.05, 0.1) is 12.0 Å². The lowest BCUT2D eigenvalue weighted by Gasteiger charge is -2.03. The smallest absolute Gasteiger partial charge is 0.294 e. The van der Waals surface area contributed by atoms with Gasteiger partial charge in [0.15, 0.2) is 0 Å². The molecular weight excluding hydrogens is 222 g/mol. The van der Waals surface area contributed by atoms with Crippen LogP contribution in [0, 0.1) is 0 Å². The normalized spacial score (nSPS) is 10.5. The Morgan fingerprint density at radius 1 is 1.47 bits per heavy atom. The maximum Gasteiger partial charge on any atom is 0.294 e. The van der Waals surface area contributed by atoms with Crippen LogP contribution in [0.1, 0.15) is 0 Å². The van der Waals surface area contributed by atoms with Crippen molar-refractivity contribution in [1.82, 2.24) is 0 Å². The third kappa shape index (κ3) is 2.63. The van der Waals surface area contributed by atoms with Crippen molar-refractivity contribution in [2.75, 3.05) is 7.11 Å². The van der Waals surface area contributed by atoms with E-state index in [0.29, 0.717) is 0 Å². The van der Waals surface area contributed by atoms with E-state index in [1.807, 2.05) is 0 Å². The van der Waals surface area contributed by atoms with Gasteiger partial charge in [0.2, 0.25) is 6.08 Å². The summed E-state index contributed by atoms with van der Waals surface area (Å²) >= 11 is 0. The van der Waals surface area contributed by atoms with Gasteiger partial charge < -0.3 is 4.74 Å². The number of ether oxygens (including phenoxy) is 1. The predicted molar refractivity (Wildman–Crippen MR) is 50.6 cm³/mol. The average Bonchev–Trinajstić information content (AvgIpc) is 2.17. The zero-order valence-electron chi connectivity index (χ0n) is 7.67. The summed E-state index contributed by atoms with van der Waals surface area (Å²) in [7, 11) is -2.97. The highest BCUT2D eigenvalue weighted by molar-refractivity contribution is 7.85. The van der Waals surface area contributed by atoms with Crippen molar-refractivity contribution in [1.29, 1.82) is 0 Å². The molecule has 0 aliphatic heterocycles. The minimum Gasteiger partial charge on any atom is -0.494 e. The summed E-state index contributed by atoms with van der Waals surface area (Å²) in [5.41, 5.74) is -0.0115. The van der Waals surface area contributed by atoms with Gasteiger partial charge in [-0.3, -0.25) is 4.55 Å². The van der Waals surface area contributed by atoms with Crippen LogP contribution in [0.25, 0.3) is 0 Å². The summed E-state index contributed by atoms with van der Waals surface area (Å²) in [6.45, 7) is 0. The van der Waals surface area contributed by atoms with Crippen LogP contribution in [0.3, 0.4) is 0 Å². The summed E-state index contributed by atoms with van der Waals surface area (Å²) in [5, 5.41) is 0. The number of nitrogens with zero attached hydrogens (tertiary/aromatic N) is 1. The number of benzene rings is 1. The first-order valence-corrected chi connectivity index (χ1v) is 5.16. The highest BCUT2D eigenvalue weighted by Crippen LogP contribution is 2.29. The van der Waals surface area contributed by atoms with Crippen LogP contribution in [0.5, 0.6) is 5.75 Å². The van der Waals surface area contributed by atoms with E-state index >= 15 is 0 Å². The molecule has 0 aliphatic carbocycles. The van der Waals surface area contributed by atoms with Gasteiger partial charge in [-0.15, -0.1) is 0 Å². The van der Waals surface area contributed by atoms with Crippen molar-refractivity contribution >= 4 is 21.9 Å². The van der Waals surface area contributed by atoms with E-state index in [1.165, 1.54) is 19.3 Å². The predicted octanol–water partition coefficient (Wildman–Crippen LogP) is 0.909. The molecule has 0 atom stereocenters. The molecule has 0 bridgehead atoms. The van der Waals surface area contributed by atoms with Crippen LogP contribution in [0.4, 0.5) is 5.69 Å². The van der Waals surface area contributed by atoms with Gasteiger partial charge >= 0.3 is 0 Å². The lowest BCUT2D eigenvalue weighted by Crippen LogP contribution is -1.97. The van der Waals surface area contributed by atoms with Crippen molar-refractivity contribution < 1.29 is 22.5 Å². The molecule has 15 heavy (non-hydrogen) atoms. The minimum atomic E-state index is -4.31. The standard InChI is InChI=1S/C8H7NO5S/c1-14-8-3-2-6(15(11,12)13)4-7(8)9-5-10/h2-4H,1H3,(H,11,12,13). The van der Waals surface area contributed by atoms with E-state index in [9.17, 15) is 13.2 Å². The molecule has 0 aromatic heterocycles. The Morgan fingerprint density at radius 3 is 2.60 bits per heavy atom. The Balaban J connectivity index is 3.41. The molecule has 80 valence electrons. The SMILES string of the molecule is COc1ccc(S(=O)(=O)O)cc1N=C=O. The van der Waals surface area contributed by atoms with Crippen molar-refractivity contribution in [3.05, 3.63) is 18.2 Å². The maximum absolute atomic E-state index is 10.8. The van der Waals surface area contributed by atoms with Gasteiger partial charge in [0.1, 0.15) is 11.4 Å². The van der Waals surface area contributed by atoms with Crippen molar-refractivity contribution in [3.8, 4) is 5.75 Å². The molecule has 0 spiro atoms. The molecule has 0 unspecified atom stereocenters. The molecule has 7 heteroatoms. The molecule has 0 heterocycles. The summed E-state index contributed by atoms with van der Waals surface area (Å²) in [6, 6.07) is 3.43. The lowest BCUT2D eigenvalue weighted by molar-refractivity contribution is 0.415. The zero-order valence-corrected chi connectivity index (χ0v) is 8.48. The van der Waals surface area contributed by atoms with E-state index in [4.69, 9.17) is 9.29 Å². The molecule has 1 rings (SSSR count). The molecule has 0 saturated carbocycles. The van der Waals surface area contributed by atoms with Gasteiger partial charge in [-0.2, -0.15) is 13.4 Å². The summed E-state index contributed by atoms with van der Waals surface area (Å²) in [5.74, 6) is 0.214. The van der Waals surface area contributed by atoms with Crippen LogP contribution < -0.4 is 4.74 Å². The van der Waals surface area contributed by atoms with Crippen LogP contribution in [-0.2, 0) is 14.9 Å². The molecule has 0 radical (unpaired) electrons. The minimum absolute atomic E-state index is 0.0115. The first-order valence-electron chi connectivity index (χ1n) is 3.72. The quantitative estimate of drug-likeness (QED) is 0.472. The van der Waals surface area contributed by atoms with E-state index in [0.717, 1.165) is 12.1 Å². The fraction of sp³-hybridized carbons (Fsp3) is 0.125. The molecule has 1 aromatic carbocycles. The largest absolute Gasteiger partial charge is 0.494 e. The van der Waals surface area contributed by atoms with Crippen molar-refractivity contribution in [3.63, 3.8) is 0 Å². The molecule has 1 aromatic rings. The number of hydrogen-bond acceptors (Lipinski definition) is 5. The Kier molecular flexibility index (Phi) is 3.21. The second kappa shape index (κ2) is 4.22. The first kappa shape index (κ1) is 11.4. The molecule has 0 fully saturated rings. The third-order valence-electron chi connectivity index (χ3n) is 1.61. The molecule has 0 saturated heterocycles. The molecule has 0 aliphatic rings. The van der Waals surface area contributed by atoms with E-state index in [-0.39, 0.29) is 16.3 Å². The number of rotatable bonds is 3. The summed E-state index contributed by atoms with van der Waals surface area (Å²) in [4.78, 5) is 12.9. The first-order chi connectivity index (χ1) is 6.99. The molecule has 1 N–H and O–H groups in total. The highest BCUT2D eigenvalue weighted by atomic mass is 32.2. The van der Waals surface area contributed by atoms with Crippen LogP contribution >= 0.6 is 0 Å². The van der Waals surface area contributed by atoms with Crippen LogP contribution in [0.2, 0.25) is 0 Å². The number of methoxy groups -OCH3 is 1. The van der Waals surface area contributed by atoms with E-state index < -0.39 is 10.1 Å². The van der Waals surface area contributed by atoms with Gasteiger partial charge in [-0.05, 0) is 18.2 Å². The maximum atomic E-state index is 10.8. The molecule has 6 nitrogen and oxygen atoms in total. The molecular formula is C8H7NO5S. The number of isocyanates is 1. The van der Waals surface area contributed by atoms with E-state index in [1.54, 1.807) is 0 Å². The Hall–Kier alpha value is -1.69. The number of aliphatic imine (C=N–C) groups is 1. The fourth-order valence-electron chi connectivity index (χ4n) is 0.967. The number of hydrogen-bond donors (Lipinski definition) is 1. The van der Waals surface area contributed by atoms with Crippen LogP contribution in [0.15, 0.2) is 28.1 Å². The van der Waals surface area contributed by atoms with Gasteiger partial charge in [0, 0.05) is 0 Å². The van der Waals surface area contributed by atoms with Gasteiger partial charge in [0.25, 0.3) is 10.1 Å². The van der Waals surface area contributed by atoms with Crippen LogP contribution in [-0.4, -0.2) is 26.2 Å². The average molecular weight is 229 g/mol. The number of carbonyl (C=O) groups excluding carboxylic acids is 1. The molecule has 0 amide bonds. The zero-order chi connectivity index (χ0) is 11.5. The summed E-state index contributed by atoms with van der Waals surface area (Å²) < 4.78 is 35.1. The second-order valence-corrected chi connectivity index (χ2v) is 3.93. The summed E-state index contributed by atoms with van der Waals surface area (Å²) in [6.07, 6.45) is 1.26. The Morgan fingerprint density at radius 2 is 2.13 bits per heavy atom. The Labute approximate surface area is 86.0 Å². The second-order valence-electron chi connectivity index (χ2n) is 2.51. The van der Waals surface area contributed by atoms with Gasteiger partial charge in [-0.25, -0.2) is 4.79 Å². The van der Waals surface area contributed by atoms with E-state index in [2.05, 4.69) is 4.99 Å². The van der Waals surface area contributed by atoms with Gasteiger partial charge in [-0.1, -0.05) is 0 Å². The van der Waals surface area contributed by atoms with Crippen molar-refractivity contribution in [2.45, 2.75) is 4.90 Å².